The molecule has 2 aromatic carbocycles. The number of anilines is 2. The zero-order valence-corrected chi connectivity index (χ0v) is 18.5. The number of piperidine rings is 1. The lowest BCUT2D eigenvalue weighted by Crippen LogP contribution is -2.43. The first kappa shape index (κ1) is 22.2. The first-order valence-electron chi connectivity index (χ1n) is 10.4. The first-order chi connectivity index (χ1) is 15.3. The van der Waals surface area contributed by atoms with Gasteiger partial charge in [0.25, 0.3) is 5.91 Å². The lowest BCUT2D eigenvalue weighted by Gasteiger charge is -2.30. The smallest absolute Gasteiger partial charge is 0.265 e. The van der Waals surface area contributed by atoms with Crippen LogP contribution in [0.15, 0.2) is 41.3 Å². The molecule has 170 valence electrons. The Hall–Kier alpha value is -2.98. The average molecular weight is 462 g/mol. The number of sulfonamides is 1. The van der Waals surface area contributed by atoms with E-state index >= 15 is 0 Å². The van der Waals surface area contributed by atoms with Crippen LogP contribution in [0, 0.1) is 12.7 Å². The Labute approximate surface area is 186 Å². The van der Waals surface area contributed by atoms with Gasteiger partial charge in [0.05, 0.1) is 10.6 Å². The van der Waals surface area contributed by atoms with Crippen LogP contribution in [0.4, 0.5) is 15.8 Å². The van der Waals surface area contributed by atoms with Crippen LogP contribution in [0.1, 0.15) is 24.8 Å². The van der Waals surface area contributed by atoms with Gasteiger partial charge in [0.15, 0.2) is 6.61 Å². The summed E-state index contributed by atoms with van der Waals surface area (Å²) in [7, 11) is -3.72. The molecule has 2 aliphatic rings. The second kappa shape index (κ2) is 8.87. The molecular weight excluding hydrogens is 437 g/mol. The summed E-state index contributed by atoms with van der Waals surface area (Å²) in [4.78, 5) is 26.3. The van der Waals surface area contributed by atoms with E-state index in [1.807, 2.05) is 0 Å². The number of benzene rings is 2. The summed E-state index contributed by atoms with van der Waals surface area (Å²) in [5.74, 6) is -1.16. The quantitative estimate of drug-likeness (QED) is 0.739. The highest BCUT2D eigenvalue weighted by Gasteiger charge is 2.31. The monoisotopic (exact) mass is 461 g/mol. The number of hydrogen-bond donors (Lipinski definition) is 1. The minimum absolute atomic E-state index is 0.0439. The maximum Gasteiger partial charge on any atom is 0.265 e. The summed E-state index contributed by atoms with van der Waals surface area (Å²) < 4.78 is 46.7. The van der Waals surface area contributed by atoms with Crippen molar-refractivity contribution in [2.75, 3.05) is 36.5 Å². The van der Waals surface area contributed by atoms with Gasteiger partial charge in [-0.15, -0.1) is 0 Å². The van der Waals surface area contributed by atoms with E-state index in [2.05, 4.69) is 5.32 Å². The number of hydrogen-bond acceptors (Lipinski definition) is 5. The van der Waals surface area contributed by atoms with E-state index in [1.54, 1.807) is 13.0 Å². The van der Waals surface area contributed by atoms with Crippen molar-refractivity contribution in [3.63, 3.8) is 0 Å². The van der Waals surface area contributed by atoms with E-state index < -0.39 is 27.7 Å². The second-order valence-electron chi connectivity index (χ2n) is 7.87. The van der Waals surface area contributed by atoms with Crippen molar-refractivity contribution < 1.29 is 27.1 Å². The second-order valence-corrected chi connectivity index (χ2v) is 9.81. The van der Waals surface area contributed by atoms with Crippen molar-refractivity contribution in [2.24, 2.45) is 0 Å². The molecule has 1 N–H and O–H groups in total. The van der Waals surface area contributed by atoms with Crippen LogP contribution in [-0.2, 0) is 19.6 Å². The molecule has 0 atom stereocenters. The highest BCUT2D eigenvalue weighted by molar-refractivity contribution is 7.89. The molecule has 1 saturated heterocycles. The number of fused-ring (bicyclic) bond motifs is 1. The Balaban J connectivity index is 1.58. The minimum atomic E-state index is -3.72. The van der Waals surface area contributed by atoms with E-state index in [0.717, 1.165) is 19.3 Å². The summed E-state index contributed by atoms with van der Waals surface area (Å²) in [6, 6.07) is 8.62. The number of rotatable bonds is 5. The van der Waals surface area contributed by atoms with E-state index in [9.17, 15) is 22.4 Å². The van der Waals surface area contributed by atoms with E-state index in [-0.39, 0.29) is 29.4 Å². The molecule has 10 heteroatoms. The third-order valence-corrected chi connectivity index (χ3v) is 7.48. The fraction of sp³-hybridized carbons (Fsp3) is 0.364. The Morgan fingerprint density at radius 1 is 1.12 bits per heavy atom. The van der Waals surface area contributed by atoms with Crippen LogP contribution in [0.25, 0.3) is 0 Å². The molecule has 1 fully saturated rings. The predicted octanol–water partition coefficient (Wildman–Crippen LogP) is 2.67. The van der Waals surface area contributed by atoms with Gasteiger partial charge in [0.1, 0.15) is 18.1 Å². The predicted molar refractivity (Wildman–Crippen MR) is 117 cm³/mol. The van der Waals surface area contributed by atoms with Gasteiger partial charge in [-0.2, -0.15) is 4.31 Å². The highest BCUT2D eigenvalue weighted by atomic mass is 32.2. The highest BCUT2D eigenvalue weighted by Crippen LogP contribution is 2.35. The van der Waals surface area contributed by atoms with Crippen molar-refractivity contribution in [1.82, 2.24) is 4.31 Å². The van der Waals surface area contributed by atoms with Crippen molar-refractivity contribution in [2.45, 2.75) is 31.1 Å². The van der Waals surface area contributed by atoms with Crippen molar-refractivity contribution in [1.29, 1.82) is 0 Å². The third kappa shape index (κ3) is 4.46. The molecule has 8 nitrogen and oxygen atoms in total. The normalized spacial score (nSPS) is 16.9. The Kier molecular flexibility index (Phi) is 6.16. The number of amides is 2. The number of ether oxygens (including phenoxy) is 1. The van der Waals surface area contributed by atoms with Crippen molar-refractivity contribution in [3.8, 4) is 5.75 Å². The van der Waals surface area contributed by atoms with Crippen molar-refractivity contribution in [3.05, 3.63) is 47.8 Å². The standard InChI is InChI=1S/C22H24FN3O5S/c1-15-5-6-16(11-18(15)23)24-21(27)13-26-19-12-17(7-8-20(19)31-14-22(26)28)32(29,30)25-9-3-2-4-10-25/h5-8,11-12H,2-4,9-10,13-14H2,1H3,(H,24,27). The summed E-state index contributed by atoms with van der Waals surface area (Å²) in [6.07, 6.45) is 2.60. The van der Waals surface area contributed by atoms with Gasteiger partial charge in [-0.3, -0.25) is 14.5 Å². The van der Waals surface area contributed by atoms with Crippen LogP contribution < -0.4 is 15.0 Å². The molecule has 0 spiro atoms. The zero-order valence-electron chi connectivity index (χ0n) is 17.6. The molecule has 32 heavy (non-hydrogen) atoms. The van der Waals surface area contributed by atoms with Gasteiger partial charge >= 0.3 is 0 Å². The van der Waals surface area contributed by atoms with Crippen LogP contribution in [0.5, 0.6) is 5.75 Å². The molecule has 0 bridgehead atoms. The van der Waals surface area contributed by atoms with Crippen molar-refractivity contribution >= 4 is 33.2 Å². The first-order valence-corrected chi connectivity index (χ1v) is 11.8. The number of carbonyl (C=O) groups excluding carboxylic acids is 2. The Bertz CT molecular complexity index is 1160. The van der Waals surface area contributed by atoms with Gasteiger partial charge in [-0.05, 0) is 55.7 Å². The molecule has 0 saturated carbocycles. The largest absolute Gasteiger partial charge is 0.482 e. The van der Waals surface area contributed by atoms with E-state index in [4.69, 9.17) is 4.74 Å². The molecule has 2 amide bonds. The fourth-order valence-electron chi connectivity index (χ4n) is 3.78. The van der Waals surface area contributed by atoms with Crippen LogP contribution >= 0.6 is 0 Å². The topological polar surface area (TPSA) is 96.0 Å². The fourth-order valence-corrected chi connectivity index (χ4v) is 5.32. The molecule has 0 radical (unpaired) electrons. The summed E-state index contributed by atoms with van der Waals surface area (Å²) in [6.45, 7) is 1.89. The maximum absolute atomic E-state index is 13.8. The summed E-state index contributed by atoms with van der Waals surface area (Å²) >= 11 is 0. The number of aryl methyl sites for hydroxylation is 1. The maximum atomic E-state index is 13.8. The molecular formula is C22H24FN3O5S. The van der Waals surface area contributed by atoms with Gasteiger partial charge in [-0.25, -0.2) is 12.8 Å². The van der Waals surface area contributed by atoms with Gasteiger partial charge < -0.3 is 10.1 Å². The number of nitrogens with one attached hydrogen (secondary N) is 1. The summed E-state index contributed by atoms with van der Waals surface area (Å²) in [5, 5.41) is 2.57. The molecule has 2 heterocycles. The Morgan fingerprint density at radius 2 is 1.88 bits per heavy atom. The van der Waals surface area contributed by atoms with Gasteiger partial charge in [-0.1, -0.05) is 12.5 Å². The molecule has 0 aliphatic carbocycles. The molecule has 2 aromatic rings. The lowest BCUT2D eigenvalue weighted by molar-refractivity contribution is -0.123. The SMILES string of the molecule is Cc1ccc(NC(=O)CN2C(=O)COc3ccc(S(=O)(=O)N4CCCCC4)cc32)cc1F. The molecule has 0 aromatic heterocycles. The van der Waals surface area contributed by atoms with E-state index in [1.165, 1.54) is 39.5 Å². The van der Waals surface area contributed by atoms with Crippen LogP contribution in [0.2, 0.25) is 0 Å². The van der Waals surface area contributed by atoms with E-state index in [0.29, 0.717) is 24.4 Å². The van der Waals surface area contributed by atoms with Gasteiger partial charge in [0, 0.05) is 18.8 Å². The Morgan fingerprint density at radius 3 is 2.59 bits per heavy atom. The number of carbonyl (C=O) groups is 2. The minimum Gasteiger partial charge on any atom is -0.482 e. The number of halogens is 1. The molecule has 0 unspecified atom stereocenters. The lowest BCUT2D eigenvalue weighted by atomic mass is 10.2. The van der Waals surface area contributed by atoms with Crippen LogP contribution in [-0.4, -0.2) is 50.8 Å². The molecule has 2 aliphatic heterocycles. The van der Waals surface area contributed by atoms with Crippen LogP contribution in [0.3, 0.4) is 0 Å². The number of nitrogens with zero attached hydrogens (tertiary/aromatic N) is 2. The third-order valence-electron chi connectivity index (χ3n) is 5.58. The average Bonchev–Trinajstić information content (AvgIpc) is 2.78. The van der Waals surface area contributed by atoms with Gasteiger partial charge in [0.2, 0.25) is 15.9 Å². The summed E-state index contributed by atoms with van der Waals surface area (Å²) in [5.41, 5.74) is 0.924. The molecule has 4 rings (SSSR count). The zero-order chi connectivity index (χ0) is 22.9.